The molecule has 0 aliphatic heterocycles. The molecule has 4 fully saturated rings. The molecule has 4 aliphatic rings. The fourth-order valence-corrected chi connectivity index (χ4v) is 6.05. The van der Waals surface area contributed by atoms with Gasteiger partial charge in [0.1, 0.15) is 6.29 Å². The average Bonchev–Trinajstić information content (AvgIpc) is 1.92. The number of carbonyl (C=O) groups excluding carboxylic acids is 1. The van der Waals surface area contributed by atoms with Crippen LogP contribution in [0.15, 0.2) is 0 Å². The maximum atomic E-state index is 11.1. The van der Waals surface area contributed by atoms with Crippen LogP contribution in [-0.2, 0) is 4.79 Å². The molecule has 0 saturated heterocycles. The molecular formula is C11H14O. The molecule has 0 heterocycles. The van der Waals surface area contributed by atoms with Gasteiger partial charge in [0, 0.05) is 5.41 Å². The van der Waals surface area contributed by atoms with Crippen molar-refractivity contribution < 1.29 is 4.79 Å². The zero-order chi connectivity index (χ0) is 8.19. The van der Waals surface area contributed by atoms with Crippen LogP contribution < -0.4 is 0 Å². The molecule has 0 amide bonds. The van der Waals surface area contributed by atoms with Crippen LogP contribution in [0.1, 0.15) is 32.6 Å². The normalized spacial score (nSPS) is 75.1. The van der Waals surface area contributed by atoms with Gasteiger partial charge in [0.2, 0.25) is 0 Å². The molecule has 1 nitrogen and oxygen atoms in total. The molecule has 0 radical (unpaired) electrons. The third-order valence-electron chi connectivity index (χ3n) is 5.92. The third kappa shape index (κ3) is 0.262. The van der Waals surface area contributed by atoms with Crippen molar-refractivity contribution in [3.05, 3.63) is 0 Å². The van der Waals surface area contributed by atoms with Gasteiger partial charge in [-0.2, -0.15) is 0 Å². The second kappa shape index (κ2) is 1.21. The lowest BCUT2D eigenvalue weighted by Crippen LogP contribution is -2.90. The van der Waals surface area contributed by atoms with Crippen molar-refractivity contribution in [2.24, 2.45) is 28.1 Å². The van der Waals surface area contributed by atoms with Gasteiger partial charge in [0.05, 0.1) is 0 Å². The number of aldehydes is 1. The molecule has 0 bridgehead atoms. The topological polar surface area (TPSA) is 17.1 Å². The van der Waals surface area contributed by atoms with Gasteiger partial charge in [-0.25, -0.2) is 0 Å². The predicted molar refractivity (Wildman–Crippen MR) is 44.5 cm³/mol. The van der Waals surface area contributed by atoms with Crippen LogP contribution in [0.2, 0.25) is 0 Å². The lowest BCUT2D eigenvalue weighted by Gasteiger charge is -2.94. The highest BCUT2D eigenvalue weighted by Gasteiger charge is 2.92. The van der Waals surface area contributed by atoms with Crippen LogP contribution in [0.4, 0.5) is 0 Å². The summed E-state index contributed by atoms with van der Waals surface area (Å²) in [7, 11) is 0. The van der Waals surface area contributed by atoms with E-state index in [1.165, 1.54) is 32.0 Å². The Morgan fingerprint density at radius 1 is 1.33 bits per heavy atom. The lowest BCUT2D eigenvalue weighted by atomic mass is 9.09. The van der Waals surface area contributed by atoms with E-state index < -0.39 is 0 Å². The Hall–Kier alpha value is -0.330. The molecule has 0 aromatic rings. The Morgan fingerprint density at radius 3 is 2.50 bits per heavy atom. The summed E-state index contributed by atoms with van der Waals surface area (Å²) in [6.45, 7) is 2.41. The zero-order valence-electron chi connectivity index (χ0n) is 7.47. The molecule has 1 spiro atoms. The van der Waals surface area contributed by atoms with E-state index in [1.54, 1.807) is 0 Å². The van der Waals surface area contributed by atoms with Crippen molar-refractivity contribution in [2.75, 3.05) is 0 Å². The standard InChI is InChI=1S/C11H14O/c1-9-3-7-2-8-4-10(5-9,6-12)11(7,8)9/h6-8H,2-5H2,1H3. The first-order valence-corrected chi connectivity index (χ1v) is 5.15. The Labute approximate surface area is 72.5 Å². The molecule has 4 saturated carbocycles. The summed E-state index contributed by atoms with van der Waals surface area (Å²) >= 11 is 0. The van der Waals surface area contributed by atoms with Crippen LogP contribution in [0, 0.1) is 28.1 Å². The van der Waals surface area contributed by atoms with Crippen molar-refractivity contribution in [3.63, 3.8) is 0 Å². The summed E-state index contributed by atoms with van der Waals surface area (Å²) in [4.78, 5) is 11.1. The van der Waals surface area contributed by atoms with Crippen molar-refractivity contribution in [1.82, 2.24) is 0 Å². The van der Waals surface area contributed by atoms with Crippen molar-refractivity contribution in [1.29, 1.82) is 0 Å². The first-order chi connectivity index (χ1) is 5.69. The van der Waals surface area contributed by atoms with E-state index in [0.717, 1.165) is 11.8 Å². The van der Waals surface area contributed by atoms with Crippen LogP contribution in [-0.4, -0.2) is 6.29 Å². The summed E-state index contributed by atoms with van der Waals surface area (Å²) in [6, 6.07) is 0. The molecule has 0 N–H and O–H groups in total. The summed E-state index contributed by atoms with van der Waals surface area (Å²) in [6.07, 6.45) is 6.64. The molecule has 12 heavy (non-hydrogen) atoms. The Bertz CT molecular complexity index is 304. The van der Waals surface area contributed by atoms with Crippen LogP contribution in [0.25, 0.3) is 0 Å². The first kappa shape index (κ1) is 6.17. The molecule has 64 valence electrons. The fourth-order valence-electron chi connectivity index (χ4n) is 6.05. The van der Waals surface area contributed by atoms with Gasteiger partial charge in [-0.15, -0.1) is 0 Å². The SMILES string of the molecule is CC12CC3CC4CC(C=O)(C1)C342. The molecule has 5 atom stereocenters. The van der Waals surface area contributed by atoms with Crippen LogP contribution in [0.5, 0.6) is 0 Å². The maximum Gasteiger partial charge on any atom is 0.126 e. The minimum absolute atomic E-state index is 0.202. The maximum absolute atomic E-state index is 11.1. The quantitative estimate of drug-likeness (QED) is 0.539. The Balaban J connectivity index is 1.87. The smallest absolute Gasteiger partial charge is 0.126 e. The zero-order valence-corrected chi connectivity index (χ0v) is 7.47. The van der Waals surface area contributed by atoms with Gasteiger partial charge < -0.3 is 4.79 Å². The predicted octanol–water partition coefficient (Wildman–Crippen LogP) is 2.01. The number of carbonyl (C=O) groups is 1. The molecule has 1 heteroatoms. The second-order valence-electron chi connectivity index (χ2n) is 5.92. The van der Waals surface area contributed by atoms with E-state index in [1.807, 2.05) is 0 Å². The average molecular weight is 162 g/mol. The third-order valence-corrected chi connectivity index (χ3v) is 5.92. The summed E-state index contributed by atoms with van der Waals surface area (Å²) in [5.41, 5.74) is 1.38. The lowest BCUT2D eigenvalue weighted by molar-refractivity contribution is -0.454. The second-order valence-corrected chi connectivity index (χ2v) is 5.92. The van der Waals surface area contributed by atoms with E-state index >= 15 is 0 Å². The molecule has 0 aromatic carbocycles. The van der Waals surface area contributed by atoms with Crippen LogP contribution >= 0.6 is 0 Å². The highest BCUT2D eigenvalue weighted by molar-refractivity contribution is 5.70. The highest BCUT2D eigenvalue weighted by Crippen LogP contribution is 2.96. The molecule has 0 aromatic heterocycles. The van der Waals surface area contributed by atoms with Gasteiger partial charge in [0.15, 0.2) is 0 Å². The Kier molecular flexibility index (Phi) is 0.624. The number of hydrogen-bond donors (Lipinski definition) is 0. The van der Waals surface area contributed by atoms with E-state index in [-0.39, 0.29) is 5.41 Å². The van der Waals surface area contributed by atoms with Gasteiger partial charge >= 0.3 is 0 Å². The molecule has 5 unspecified atom stereocenters. The number of rotatable bonds is 1. The van der Waals surface area contributed by atoms with E-state index in [0.29, 0.717) is 10.8 Å². The summed E-state index contributed by atoms with van der Waals surface area (Å²) in [5.74, 6) is 1.92. The molecular weight excluding hydrogens is 148 g/mol. The molecule has 4 aliphatic carbocycles. The van der Waals surface area contributed by atoms with E-state index in [2.05, 4.69) is 6.92 Å². The van der Waals surface area contributed by atoms with Crippen molar-refractivity contribution in [3.8, 4) is 0 Å². The minimum Gasteiger partial charge on any atom is -0.303 e. The Morgan fingerprint density at radius 2 is 2.08 bits per heavy atom. The summed E-state index contributed by atoms with van der Waals surface area (Å²) < 4.78 is 0. The number of hydrogen-bond acceptors (Lipinski definition) is 1. The van der Waals surface area contributed by atoms with Gasteiger partial charge in [0.25, 0.3) is 0 Å². The largest absolute Gasteiger partial charge is 0.303 e. The monoisotopic (exact) mass is 162 g/mol. The minimum atomic E-state index is 0.202. The van der Waals surface area contributed by atoms with Gasteiger partial charge in [-0.1, -0.05) is 6.92 Å². The van der Waals surface area contributed by atoms with Gasteiger partial charge in [-0.3, -0.25) is 0 Å². The summed E-state index contributed by atoms with van der Waals surface area (Å²) in [5, 5.41) is 0. The van der Waals surface area contributed by atoms with Gasteiger partial charge in [-0.05, 0) is 48.3 Å². The molecule has 4 rings (SSSR count). The fraction of sp³-hybridized carbons (Fsp3) is 0.909. The highest BCUT2D eigenvalue weighted by atomic mass is 16.1. The van der Waals surface area contributed by atoms with E-state index in [4.69, 9.17) is 0 Å². The van der Waals surface area contributed by atoms with Crippen molar-refractivity contribution >= 4 is 6.29 Å². The first-order valence-electron chi connectivity index (χ1n) is 5.15. The van der Waals surface area contributed by atoms with E-state index in [9.17, 15) is 4.79 Å². The van der Waals surface area contributed by atoms with Crippen molar-refractivity contribution in [2.45, 2.75) is 32.6 Å². The van der Waals surface area contributed by atoms with Crippen LogP contribution in [0.3, 0.4) is 0 Å².